The molecular weight excluding hydrogens is 269 g/mol. The van der Waals surface area contributed by atoms with Crippen molar-refractivity contribution in [3.63, 3.8) is 0 Å². The van der Waals surface area contributed by atoms with Gasteiger partial charge in [0.15, 0.2) is 0 Å². The van der Waals surface area contributed by atoms with Crippen LogP contribution in [0.5, 0.6) is 0 Å². The molecule has 1 aliphatic carbocycles. The van der Waals surface area contributed by atoms with Crippen molar-refractivity contribution in [3.8, 4) is 0 Å². The third-order valence-corrected chi connectivity index (χ3v) is 4.49. The summed E-state index contributed by atoms with van der Waals surface area (Å²) in [5.41, 5.74) is 5.98. The second kappa shape index (κ2) is 7.00. The van der Waals surface area contributed by atoms with Crippen LogP contribution in [0, 0.1) is 5.82 Å². The Morgan fingerprint density at radius 3 is 2.57 bits per heavy atom. The average molecular weight is 293 g/mol. The lowest BCUT2D eigenvalue weighted by Gasteiger charge is -2.34. The highest BCUT2D eigenvalue weighted by Gasteiger charge is 2.23. The van der Waals surface area contributed by atoms with Crippen LogP contribution >= 0.6 is 0 Å². The Balaban J connectivity index is 1.96. The SMILES string of the molecule is CNC1CCC(N(C)Cc2ccc(C(N)=O)cc2F)CC1. The van der Waals surface area contributed by atoms with Gasteiger partial charge in [0.25, 0.3) is 0 Å². The van der Waals surface area contributed by atoms with E-state index in [4.69, 9.17) is 5.73 Å². The first kappa shape index (κ1) is 15.9. The van der Waals surface area contributed by atoms with Gasteiger partial charge in [0, 0.05) is 29.8 Å². The fraction of sp³-hybridized carbons (Fsp3) is 0.562. The molecule has 0 heterocycles. The number of nitrogens with zero attached hydrogens (tertiary/aromatic N) is 1. The molecule has 0 unspecified atom stereocenters. The van der Waals surface area contributed by atoms with Gasteiger partial charge in [0.05, 0.1) is 0 Å². The molecule has 0 aromatic heterocycles. The molecule has 0 saturated heterocycles. The van der Waals surface area contributed by atoms with Gasteiger partial charge in [-0.15, -0.1) is 0 Å². The fourth-order valence-corrected chi connectivity index (χ4v) is 3.03. The van der Waals surface area contributed by atoms with Gasteiger partial charge in [-0.25, -0.2) is 4.39 Å². The minimum absolute atomic E-state index is 0.216. The number of hydrogen-bond acceptors (Lipinski definition) is 3. The molecule has 3 N–H and O–H groups in total. The van der Waals surface area contributed by atoms with Crippen molar-refractivity contribution < 1.29 is 9.18 Å². The Morgan fingerprint density at radius 2 is 2.05 bits per heavy atom. The Morgan fingerprint density at radius 1 is 1.38 bits per heavy atom. The average Bonchev–Trinajstić information content (AvgIpc) is 2.49. The summed E-state index contributed by atoms with van der Waals surface area (Å²) >= 11 is 0. The molecule has 1 aromatic rings. The molecule has 0 bridgehead atoms. The van der Waals surface area contributed by atoms with E-state index in [0.29, 0.717) is 24.2 Å². The van der Waals surface area contributed by atoms with Crippen LogP contribution in [0.2, 0.25) is 0 Å². The van der Waals surface area contributed by atoms with Gasteiger partial charge in [0.2, 0.25) is 5.91 Å². The number of rotatable bonds is 5. The van der Waals surface area contributed by atoms with Gasteiger partial charge in [-0.2, -0.15) is 0 Å². The monoisotopic (exact) mass is 293 g/mol. The molecule has 1 fully saturated rings. The predicted octanol–water partition coefficient (Wildman–Crippen LogP) is 1.89. The van der Waals surface area contributed by atoms with E-state index in [0.717, 1.165) is 25.7 Å². The third-order valence-electron chi connectivity index (χ3n) is 4.49. The van der Waals surface area contributed by atoms with Crippen LogP contribution in [0.4, 0.5) is 4.39 Å². The number of hydrogen-bond donors (Lipinski definition) is 2. The number of benzene rings is 1. The molecule has 4 nitrogen and oxygen atoms in total. The molecule has 0 spiro atoms. The fourth-order valence-electron chi connectivity index (χ4n) is 3.03. The van der Waals surface area contributed by atoms with Crippen LogP contribution in [-0.4, -0.2) is 37.0 Å². The summed E-state index contributed by atoms with van der Waals surface area (Å²) in [6, 6.07) is 5.58. The Hall–Kier alpha value is -1.46. The van der Waals surface area contributed by atoms with Crippen LogP contribution in [0.15, 0.2) is 18.2 Å². The highest BCUT2D eigenvalue weighted by molar-refractivity contribution is 5.92. The minimum Gasteiger partial charge on any atom is -0.366 e. The first-order chi connectivity index (χ1) is 10.0. The zero-order valence-corrected chi connectivity index (χ0v) is 12.7. The summed E-state index contributed by atoms with van der Waals surface area (Å²) in [7, 11) is 4.04. The third kappa shape index (κ3) is 4.02. The summed E-state index contributed by atoms with van der Waals surface area (Å²) in [6.45, 7) is 0.555. The predicted molar refractivity (Wildman–Crippen MR) is 81.5 cm³/mol. The van der Waals surface area contributed by atoms with Crippen molar-refractivity contribution in [1.82, 2.24) is 10.2 Å². The largest absolute Gasteiger partial charge is 0.366 e. The second-order valence-corrected chi connectivity index (χ2v) is 5.88. The number of carbonyl (C=O) groups is 1. The van der Waals surface area contributed by atoms with Crippen molar-refractivity contribution in [2.45, 2.75) is 44.3 Å². The van der Waals surface area contributed by atoms with Gasteiger partial charge in [-0.05, 0) is 51.9 Å². The van der Waals surface area contributed by atoms with Gasteiger partial charge in [0.1, 0.15) is 5.82 Å². The number of amides is 1. The van der Waals surface area contributed by atoms with Crippen molar-refractivity contribution in [2.24, 2.45) is 5.73 Å². The normalized spacial score (nSPS) is 22.5. The highest BCUT2D eigenvalue weighted by atomic mass is 19.1. The van der Waals surface area contributed by atoms with E-state index in [1.165, 1.54) is 6.07 Å². The zero-order chi connectivity index (χ0) is 15.4. The molecule has 21 heavy (non-hydrogen) atoms. The Bertz CT molecular complexity index is 498. The molecule has 2 rings (SSSR count). The van der Waals surface area contributed by atoms with E-state index < -0.39 is 5.91 Å². The smallest absolute Gasteiger partial charge is 0.248 e. The van der Waals surface area contributed by atoms with Crippen LogP contribution in [0.1, 0.15) is 41.6 Å². The molecule has 116 valence electrons. The molecule has 0 radical (unpaired) electrons. The lowest BCUT2D eigenvalue weighted by atomic mass is 9.90. The lowest BCUT2D eigenvalue weighted by molar-refractivity contribution is 0.0999. The van der Waals surface area contributed by atoms with E-state index in [1.807, 2.05) is 14.1 Å². The number of carbonyl (C=O) groups excluding carboxylic acids is 1. The molecule has 0 aliphatic heterocycles. The van der Waals surface area contributed by atoms with Crippen molar-refractivity contribution in [2.75, 3.05) is 14.1 Å². The van der Waals surface area contributed by atoms with E-state index >= 15 is 0 Å². The van der Waals surface area contributed by atoms with Crippen molar-refractivity contribution in [3.05, 3.63) is 35.1 Å². The number of nitrogens with one attached hydrogen (secondary N) is 1. The van der Waals surface area contributed by atoms with Gasteiger partial charge in [-0.1, -0.05) is 6.07 Å². The summed E-state index contributed by atoms with van der Waals surface area (Å²) in [6.07, 6.45) is 4.58. The molecule has 1 aliphatic rings. The standard InChI is InChI=1S/C16H24FN3O/c1-19-13-5-7-14(8-6-13)20(2)10-12-4-3-11(16(18)21)9-15(12)17/h3-4,9,13-14,19H,5-8,10H2,1-2H3,(H2,18,21). The van der Waals surface area contributed by atoms with E-state index in [2.05, 4.69) is 10.2 Å². The summed E-state index contributed by atoms with van der Waals surface area (Å²) in [5, 5.41) is 3.32. The van der Waals surface area contributed by atoms with Crippen molar-refractivity contribution >= 4 is 5.91 Å². The molecule has 0 atom stereocenters. The summed E-state index contributed by atoms with van der Waals surface area (Å²) in [4.78, 5) is 13.2. The van der Waals surface area contributed by atoms with E-state index in [1.54, 1.807) is 12.1 Å². The van der Waals surface area contributed by atoms with Crippen LogP contribution < -0.4 is 11.1 Å². The van der Waals surface area contributed by atoms with Crippen LogP contribution in [0.25, 0.3) is 0 Å². The van der Waals surface area contributed by atoms with Crippen LogP contribution in [0.3, 0.4) is 0 Å². The number of nitrogens with two attached hydrogens (primary N) is 1. The van der Waals surface area contributed by atoms with Gasteiger partial charge >= 0.3 is 0 Å². The topological polar surface area (TPSA) is 58.4 Å². The molecule has 5 heteroatoms. The molecular formula is C16H24FN3O. The van der Waals surface area contributed by atoms with E-state index in [9.17, 15) is 9.18 Å². The quantitative estimate of drug-likeness (QED) is 0.871. The molecule has 1 aromatic carbocycles. The first-order valence-electron chi connectivity index (χ1n) is 7.47. The maximum absolute atomic E-state index is 14.0. The van der Waals surface area contributed by atoms with E-state index in [-0.39, 0.29) is 11.4 Å². The summed E-state index contributed by atoms with van der Waals surface area (Å²) in [5.74, 6) is -0.957. The first-order valence-corrected chi connectivity index (χ1v) is 7.47. The van der Waals surface area contributed by atoms with Gasteiger partial charge in [-0.3, -0.25) is 9.69 Å². The van der Waals surface area contributed by atoms with Crippen molar-refractivity contribution in [1.29, 1.82) is 0 Å². The lowest BCUT2D eigenvalue weighted by Crippen LogP contribution is -2.39. The molecule has 1 saturated carbocycles. The minimum atomic E-state index is -0.598. The Kier molecular flexibility index (Phi) is 5.31. The maximum atomic E-state index is 14.0. The van der Waals surface area contributed by atoms with Gasteiger partial charge < -0.3 is 11.1 Å². The number of halogens is 1. The maximum Gasteiger partial charge on any atom is 0.248 e. The zero-order valence-electron chi connectivity index (χ0n) is 12.7. The molecule has 1 amide bonds. The second-order valence-electron chi connectivity index (χ2n) is 5.88. The van der Waals surface area contributed by atoms with Crippen LogP contribution in [-0.2, 0) is 6.54 Å². The Labute approximate surface area is 125 Å². The number of primary amides is 1. The summed E-state index contributed by atoms with van der Waals surface area (Å²) < 4.78 is 14.0. The highest BCUT2D eigenvalue weighted by Crippen LogP contribution is 2.24.